The van der Waals surface area contributed by atoms with Crippen molar-refractivity contribution in [2.45, 2.75) is 19.1 Å². The van der Waals surface area contributed by atoms with Crippen LogP contribution >= 0.6 is 23.4 Å². The highest BCUT2D eigenvalue weighted by atomic mass is 35.5. The number of amides is 2. The van der Waals surface area contributed by atoms with Gasteiger partial charge in [-0.05, 0) is 55.8 Å². The van der Waals surface area contributed by atoms with Crippen LogP contribution in [0.25, 0.3) is 0 Å². The summed E-state index contributed by atoms with van der Waals surface area (Å²) in [4.78, 5) is 24.1. The monoisotopic (exact) mass is 380 g/mol. The minimum absolute atomic E-state index is 0.105. The van der Waals surface area contributed by atoms with E-state index in [4.69, 9.17) is 11.6 Å². The molecule has 0 aromatic heterocycles. The van der Waals surface area contributed by atoms with Gasteiger partial charge in [0.1, 0.15) is 5.82 Å². The minimum atomic E-state index is -0.434. The van der Waals surface area contributed by atoms with Crippen LogP contribution in [0.4, 0.5) is 15.8 Å². The highest BCUT2D eigenvalue weighted by Gasteiger charge is 2.16. The Balaban J connectivity index is 1.82. The topological polar surface area (TPSA) is 58.2 Å². The molecule has 132 valence electrons. The molecule has 25 heavy (non-hydrogen) atoms. The summed E-state index contributed by atoms with van der Waals surface area (Å²) in [7, 11) is 0. The van der Waals surface area contributed by atoms with Crippen molar-refractivity contribution in [3.63, 3.8) is 0 Å². The second-order valence-electron chi connectivity index (χ2n) is 5.48. The van der Waals surface area contributed by atoms with Gasteiger partial charge >= 0.3 is 0 Å². The zero-order valence-electron chi connectivity index (χ0n) is 13.8. The summed E-state index contributed by atoms with van der Waals surface area (Å²) in [5, 5.41) is 5.44. The summed E-state index contributed by atoms with van der Waals surface area (Å²) < 4.78 is 12.8. The molecule has 0 fully saturated rings. The van der Waals surface area contributed by atoms with Crippen LogP contribution in [0.2, 0.25) is 5.02 Å². The summed E-state index contributed by atoms with van der Waals surface area (Å²) in [6.45, 7) is 3.63. The first-order valence-corrected chi connectivity index (χ1v) is 9.02. The van der Waals surface area contributed by atoms with Gasteiger partial charge in [-0.15, -0.1) is 11.8 Å². The van der Waals surface area contributed by atoms with Crippen molar-refractivity contribution in [1.29, 1.82) is 0 Å². The van der Waals surface area contributed by atoms with Crippen LogP contribution in [0.3, 0.4) is 0 Å². The zero-order chi connectivity index (χ0) is 18.4. The van der Waals surface area contributed by atoms with E-state index in [0.29, 0.717) is 16.4 Å². The lowest BCUT2D eigenvalue weighted by molar-refractivity contribution is -0.115. The summed E-state index contributed by atoms with van der Waals surface area (Å²) in [6.07, 6.45) is 0. The predicted molar refractivity (Wildman–Crippen MR) is 102 cm³/mol. The lowest BCUT2D eigenvalue weighted by Gasteiger charge is -2.13. The van der Waals surface area contributed by atoms with Crippen molar-refractivity contribution in [3.05, 3.63) is 58.9 Å². The maximum atomic E-state index is 12.8. The SMILES string of the molecule is Cc1ccc(NC(=O)[C@@H](C)SCC(=O)Nc2ccc(F)cc2)c(Cl)c1. The van der Waals surface area contributed by atoms with Crippen LogP contribution in [0, 0.1) is 12.7 Å². The third-order valence-electron chi connectivity index (χ3n) is 3.34. The molecule has 7 heteroatoms. The van der Waals surface area contributed by atoms with Crippen molar-refractivity contribution < 1.29 is 14.0 Å². The Bertz CT molecular complexity index is 768. The first-order valence-electron chi connectivity index (χ1n) is 7.59. The van der Waals surface area contributed by atoms with Crippen LogP contribution in [0.1, 0.15) is 12.5 Å². The van der Waals surface area contributed by atoms with Gasteiger partial charge in [-0.25, -0.2) is 4.39 Å². The molecule has 0 saturated carbocycles. The lowest BCUT2D eigenvalue weighted by Crippen LogP contribution is -2.25. The maximum Gasteiger partial charge on any atom is 0.237 e. The minimum Gasteiger partial charge on any atom is -0.325 e. The molecule has 0 aliphatic heterocycles. The molecule has 0 radical (unpaired) electrons. The Morgan fingerprint density at radius 2 is 1.84 bits per heavy atom. The van der Waals surface area contributed by atoms with Crippen molar-refractivity contribution in [2.75, 3.05) is 16.4 Å². The van der Waals surface area contributed by atoms with Gasteiger partial charge in [0, 0.05) is 5.69 Å². The van der Waals surface area contributed by atoms with Gasteiger partial charge in [0.2, 0.25) is 11.8 Å². The van der Waals surface area contributed by atoms with Crippen LogP contribution in [0.5, 0.6) is 0 Å². The molecule has 0 saturated heterocycles. The number of anilines is 2. The molecule has 4 nitrogen and oxygen atoms in total. The second kappa shape index (κ2) is 8.87. The number of carbonyl (C=O) groups is 2. The van der Waals surface area contributed by atoms with E-state index in [2.05, 4.69) is 10.6 Å². The Kier molecular flexibility index (Phi) is 6.84. The van der Waals surface area contributed by atoms with E-state index >= 15 is 0 Å². The van der Waals surface area contributed by atoms with E-state index in [9.17, 15) is 14.0 Å². The van der Waals surface area contributed by atoms with Gasteiger partial charge in [-0.2, -0.15) is 0 Å². The molecule has 2 aromatic carbocycles. The van der Waals surface area contributed by atoms with Gasteiger partial charge in [0.25, 0.3) is 0 Å². The normalized spacial score (nSPS) is 11.7. The molecule has 2 N–H and O–H groups in total. The Morgan fingerprint density at radius 3 is 2.48 bits per heavy atom. The first kappa shape index (κ1) is 19.3. The molecule has 1 atom stereocenters. The van der Waals surface area contributed by atoms with E-state index in [1.807, 2.05) is 13.0 Å². The van der Waals surface area contributed by atoms with Gasteiger partial charge < -0.3 is 10.6 Å². The molecular weight excluding hydrogens is 363 g/mol. The third-order valence-corrected chi connectivity index (χ3v) is 4.80. The summed E-state index contributed by atoms with van der Waals surface area (Å²) >= 11 is 7.30. The van der Waals surface area contributed by atoms with Crippen molar-refractivity contribution >= 4 is 46.6 Å². The molecule has 0 aliphatic carbocycles. The van der Waals surface area contributed by atoms with E-state index in [1.165, 1.54) is 36.0 Å². The fourth-order valence-electron chi connectivity index (χ4n) is 1.96. The Morgan fingerprint density at radius 1 is 1.16 bits per heavy atom. The highest BCUT2D eigenvalue weighted by molar-refractivity contribution is 8.01. The Labute approximate surface area is 155 Å². The molecule has 0 aliphatic rings. The molecule has 0 heterocycles. The fraction of sp³-hybridized carbons (Fsp3) is 0.222. The van der Waals surface area contributed by atoms with Crippen LogP contribution in [0.15, 0.2) is 42.5 Å². The van der Waals surface area contributed by atoms with Gasteiger partial charge in [0.15, 0.2) is 0 Å². The average Bonchev–Trinajstić information content (AvgIpc) is 2.57. The molecule has 2 amide bonds. The number of carbonyl (C=O) groups excluding carboxylic acids is 2. The molecule has 0 unspecified atom stereocenters. The van der Waals surface area contributed by atoms with Gasteiger partial charge in [0.05, 0.1) is 21.7 Å². The standard InChI is InChI=1S/C18H18ClFN2O2S/c1-11-3-8-16(15(19)9-11)22-18(24)12(2)25-10-17(23)21-14-6-4-13(20)5-7-14/h3-9,12H,10H2,1-2H3,(H,21,23)(H,22,24)/t12-/m1/s1. The molecule has 2 rings (SSSR count). The van der Waals surface area contributed by atoms with E-state index in [-0.39, 0.29) is 23.4 Å². The zero-order valence-corrected chi connectivity index (χ0v) is 15.4. The third kappa shape index (κ3) is 6.07. The number of benzene rings is 2. The summed E-state index contributed by atoms with van der Waals surface area (Å²) in [6, 6.07) is 10.9. The number of halogens is 2. The number of hydrogen-bond acceptors (Lipinski definition) is 3. The summed E-state index contributed by atoms with van der Waals surface area (Å²) in [5.41, 5.74) is 2.05. The van der Waals surface area contributed by atoms with E-state index in [1.54, 1.807) is 19.1 Å². The number of aryl methyl sites for hydroxylation is 1. The number of thioether (sulfide) groups is 1. The van der Waals surface area contributed by atoms with Crippen LogP contribution < -0.4 is 10.6 Å². The van der Waals surface area contributed by atoms with Crippen molar-refractivity contribution in [1.82, 2.24) is 0 Å². The molecule has 0 bridgehead atoms. The number of nitrogens with one attached hydrogen (secondary N) is 2. The molecule has 0 spiro atoms. The van der Waals surface area contributed by atoms with E-state index in [0.717, 1.165) is 5.56 Å². The smallest absolute Gasteiger partial charge is 0.237 e. The largest absolute Gasteiger partial charge is 0.325 e. The first-order chi connectivity index (χ1) is 11.8. The van der Waals surface area contributed by atoms with Crippen molar-refractivity contribution in [2.24, 2.45) is 0 Å². The fourth-order valence-corrected chi connectivity index (χ4v) is 2.93. The van der Waals surface area contributed by atoms with Crippen LogP contribution in [-0.4, -0.2) is 22.8 Å². The van der Waals surface area contributed by atoms with Crippen molar-refractivity contribution in [3.8, 4) is 0 Å². The molecule has 2 aromatic rings. The lowest BCUT2D eigenvalue weighted by atomic mass is 10.2. The number of hydrogen-bond donors (Lipinski definition) is 2. The number of rotatable bonds is 6. The second-order valence-corrected chi connectivity index (χ2v) is 7.22. The highest BCUT2D eigenvalue weighted by Crippen LogP contribution is 2.24. The molecular formula is C18H18ClFN2O2S. The van der Waals surface area contributed by atoms with Gasteiger partial charge in [-0.1, -0.05) is 17.7 Å². The predicted octanol–water partition coefficient (Wildman–Crippen LogP) is 4.49. The van der Waals surface area contributed by atoms with Crippen LogP contribution in [-0.2, 0) is 9.59 Å². The van der Waals surface area contributed by atoms with E-state index < -0.39 is 5.25 Å². The maximum absolute atomic E-state index is 12.8. The Hall–Kier alpha value is -2.05. The average molecular weight is 381 g/mol. The quantitative estimate of drug-likeness (QED) is 0.776. The van der Waals surface area contributed by atoms with Gasteiger partial charge in [-0.3, -0.25) is 9.59 Å². The summed E-state index contributed by atoms with van der Waals surface area (Å²) in [5.74, 6) is -0.754.